The van der Waals surface area contributed by atoms with Crippen LogP contribution in [0.15, 0.2) is 30.3 Å². The molecule has 5 heteroatoms. The second-order valence-corrected chi connectivity index (χ2v) is 5.18. The Morgan fingerprint density at radius 2 is 1.90 bits per heavy atom. The summed E-state index contributed by atoms with van der Waals surface area (Å²) < 4.78 is 5.60. The van der Waals surface area contributed by atoms with Crippen LogP contribution in [-0.4, -0.2) is 53.9 Å². The molecular formula is C16H22N2O3. The van der Waals surface area contributed by atoms with E-state index in [9.17, 15) is 9.59 Å². The van der Waals surface area contributed by atoms with Gasteiger partial charge in [-0.2, -0.15) is 0 Å². The van der Waals surface area contributed by atoms with E-state index in [0.29, 0.717) is 19.7 Å². The van der Waals surface area contributed by atoms with Gasteiger partial charge in [0.1, 0.15) is 18.4 Å². The summed E-state index contributed by atoms with van der Waals surface area (Å²) in [6, 6.07) is 9.05. The predicted molar refractivity (Wildman–Crippen MR) is 80.0 cm³/mol. The number of ether oxygens (including phenoxy) is 1. The molecule has 114 valence electrons. The first-order valence-electron chi connectivity index (χ1n) is 7.39. The summed E-state index contributed by atoms with van der Waals surface area (Å²) in [5, 5.41) is 0. The van der Waals surface area contributed by atoms with Crippen molar-refractivity contribution in [3.05, 3.63) is 30.3 Å². The van der Waals surface area contributed by atoms with Crippen LogP contribution in [-0.2, 0) is 9.59 Å². The quantitative estimate of drug-likeness (QED) is 0.798. The summed E-state index contributed by atoms with van der Waals surface area (Å²) in [6.45, 7) is 5.43. The van der Waals surface area contributed by atoms with E-state index >= 15 is 0 Å². The standard InChI is InChI=1S/C16H22N2O3/c1-3-9-17-12-15(19)18(13(2)16(17)20)10-11-21-14-7-5-4-6-8-14/h4-8,13H,3,9-12H2,1-2H3/t13-/m0/s1. The van der Waals surface area contributed by atoms with Crippen LogP contribution in [0.25, 0.3) is 0 Å². The maximum Gasteiger partial charge on any atom is 0.245 e. The molecule has 1 saturated heterocycles. The highest BCUT2D eigenvalue weighted by Gasteiger charge is 2.35. The molecule has 1 aromatic rings. The molecule has 21 heavy (non-hydrogen) atoms. The van der Waals surface area contributed by atoms with Crippen molar-refractivity contribution in [2.75, 3.05) is 26.2 Å². The predicted octanol–water partition coefficient (Wildman–Crippen LogP) is 1.53. The first kappa shape index (κ1) is 15.4. The fourth-order valence-corrected chi connectivity index (χ4v) is 2.50. The van der Waals surface area contributed by atoms with Gasteiger partial charge in [0, 0.05) is 6.54 Å². The van der Waals surface area contributed by atoms with Crippen molar-refractivity contribution in [3.63, 3.8) is 0 Å². The van der Waals surface area contributed by atoms with Gasteiger partial charge >= 0.3 is 0 Å². The Morgan fingerprint density at radius 3 is 2.57 bits per heavy atom. The molecule has 0 aliphatic carbocycles. The van der Waals surface area contributed by atoms with Crippen LogP contribution in [0.3, 0.4) is 0 Å². The van der Waals surface area contributed by atoms with Crippen molar-refractivity contribution >= 4 is 11.8 Å². The van der Waals surface area contributed by atoms with Gasteiger partial charge in [-0.05, 0) is 25.5 Å². The number of nitrogens with zero attached hydrogens (tertiary/aromatic N) is 2. The van der Waals surface area contributed by atoms with E-state index in [4.69, 9.17) is 4.74 Å². The molecule has 1 aliphatic rings. The third kappa shape index (κ3) is 3.74. The Balaban J connectivity index is 1.88. The molecule has 1 fully saturated rings. The van der Waals surface area contributed by atoms with Crippen molar-refractivity contribution in [1.82, 2.24) is 9.80 Å². The van der Waals surface area contributed by atoms with Crippen LogP contribution in [0, 0.1) is 0 Å². The summed E-state index contributed by atoms with van der Waals surface area (Å²) >= 11 is 0. The number of carbonyl (C=O) groups excluding carboxylic acids is 2. The maximum atomic E-state index is 12.2. The van der Waals surface area contributed by atoms with Crippen LogP contribution in [0.5, 0.6) is 5.75 Å². The fraction of sp³-hybridized carbons (Fsp3) is 0.500. The topological polar surface area (TPSA) is 49.9 Å². The molecule has 0 N–H and O–H groups in total. The highest BCUT2D eigenvalue weighted by molar-refractivity contribution is 5.94. The number of para-hydroxylation sites is 1. The molecule has 0 unspecified atom stereocenters. The molecule has 0 spiro atoms. The number of carbonyl (C=O) groups is 2. The van der Waals surface area contributed by atoms with E-state index in [1.165, 1.54) is 0 Å². The van der Waals surface area contributed by atoms with Gasteiger partial charge in [0.15, 0.2) is 0 Å². The summed E-state index contributed by atoms with van der Waals surface area (Å²) in [4.78, 5) is 27.6. The molecular weight excluding hydrogens is 268 g/mol. The number of rotatable bonds is 6. The summed E-state index contributed by atoms with van der Waals surface area (Å²) in [5.41, 5.74) is 0. The maximum absolute atomic E-state index is 12.2. The Morgan fingerprint density at radius 1 is 1.19 bits per heavy atom. The molecule has 2 amide bonds. The molecule has 1 heterocycles. The lowest BCUT2D eigenvalue weighted by Crippen LogP contribution is -2.59. The normalized spacial score (nSPS) is 19.0. The highest BCUT2D eigenvalue weighted by atomic mass is 16.5. The van der Waals surface area contributed by atoms with Crippen molar-refractivity contribution < 1.29 is 14.3 Å². The SMILES string of the molecule is CCCN1CC(=O)N(CCOc2ccccc2)[C@@H](C)C1=O. The largest absolute Gasteiger partial charge is 0.492 e. The molecule has 1 atom stereocenters. The minimum Gasteiger partial charge on any atom is -0.492 e. The fourth-order valence-electron chi connectivity index (χ4n) is 2.50. The number of piperazine rings is 1. The molecule has 0 saturated carbocycles. The Bertz CT molecular complexity index is 490. The van der Waals surface area contributed by atoms with Crippen LogP contribution in [0.4, 0.5) is 0 Å². The Labute approximate surface area is 125 Å². The highest BCUT2D eigenvalue weighted by Crippen LogP contribution is 2.13. The van der Waals surface area contributed by atoms with Gasteiger partial charge in [-0.15, -0.1) is 0 Å². The summed E-state index contributed by atoms with van der Waals surface area (Å²) in [6.07, 6.45) is 0.864. The monoisotopic (exact) mass is 290 g/mol. The van der Waals surface area contributed by atoms with Gasteiger partial charge < -0.3 is 14.5 Å². The second-order valence-electron chi connectivity index (χ2n) is 5.18. The first-order chi connectivity index (χ1) is 10.1. The van der Waals surface area contributed by atoms with E-state index in [-0.39, 0.29) is 18.4 Å². The van der Waals surface area contributed by atoms with E-state index in [0.717, 1.165) is 12.2 Å². The smallest absolute Gasteiger partial charge is 0.245 e. The minimum atomic E-state index is -0.405. The minimum absolute atomic E-state index is 0.00721. The second kappa shape index (κ2) is 7.11. The summed E-state index contributed by atoms with van der Waals surface area (Å²) in [7, 11) is 0. The third-order valence-electron chi connectivity index (χ3n) is 3.62. The lowest BCUT2D eigenvalue weighted by atomic mass is 10.1. The van der Waals surface area contributed by atoms with Gasteiger partial charge in [0.25, 0.3) is 0 Å². The van der Waals surface area contributed by atoms with Crippen LogP contribution < -0.4 is 4.74 Å². The molecule has 5 nitrogen and oxygen atoms in total. The van der Waals surface area contributed by atoms with Crippen molar-refractivity contribution in [2.24, 2.45) is 0 Å². The van der Waals surface area contributed by atoms with Gasteiger partial charge in [-0.25, -0.2) is 0 Å². The molecule has 0 bridgehead atoms. The van der Waals surface area contributed by atoms with Gasteiger partial charge in [-0.1, -0.05) is 25.1 Å². The summed E-state index contributed by atoms with van der Waals surface area (Å²) in [5.74, 6) is 0.789. The van der Waals surface area contributed by atoms with Crippen molar-refractivity contribution in [3.8, 4) is 5.75 Å². The van der Waals surface area contributed by atoms with E-state index in [1.807, 2.05) is 37.3 Å². The third-order valence-corrected chi connectivity index (χ3v) is 3.62. The van der Waals surface area contributed by atoms with Gasteiger partial charge in [0.2, 0.25) is 11.8 Å². The number of hydrogen-bond acceptors (Lipinski definition) is 3. The number of benzene rings is 1. The zero-order valence-electron chi connectivity index (χ0n) is 12.6. The average molecular weight is 290 g/mol. The van der Waals surface area contributed by atoms with Gasteiger partial charge in [-0.3, -0.25) is 9.59 Å². The molecule has 1 aromatic carbocycles. The zero-order valence-corrected chi connectivity index (χ0v) is 12.6. The van der Waals surface area contributed by atoms with E-state index in [2.05, 4.69) is 0 Å². The number of amides is 2. The lowest BCUT2D eigenvalue weighted by Gasteiger charge is -2.38. The van der Waals surface area contributed by atoms with Gasteiger partial charge in [0.05, 0.1) is 13.1 Å². The molecule has 1 aliphatic heterocycles. The van der Waals surface area contributed by atoms with E-state index in [1.54, 1.807) is 16.7 Å². The Hall–Kier alpha value is -2.04. The molecule has 2 rings (SSSR count). The first-order valence-corrected chi connectivity index (χ1v) is 7.39. The Kier molecular flexibility index (Phi) is 5.20. The van der Waals surface area contributed by atoms with Crippen LogP contribution >= 0.6 is 0 Å². The van der Waals surface area contributed by atoms with Crippen LogP contribution in [0.1, 0.15) is 20.3 Å². The van der Waals surface area contributed by atoms with E-state index < -0.39 is 6.04 Å². The molecule has 0 aromatic heterocycles. The van der Waals surface area contributed by atoms with Crippen LogP contribution in [0.2, 0.25) is 0 Å². The lowest BCUT2D eigenvalue weighted by molar-refractivity contribution is -0.155. The number of hydrogen-bond donors (Lipinski definition) is 0. The molecule has 0 radical (unpaired) electrons. The van der Waals surface area contributed by atoms with Crippen molar-refractivity contribution in [1.29, 1.82) is 0 Å². The zero-order chi connectivity index (χ0) is 15.2. The van der Waals surface area contributed by atoms with Crippen molar-refractivity contribution in [2.45, 2.75) is 26.3 Å². The average Bonchev–Trinajstić information content (AvgIpc) is 2.49.